The molecular weight excluding hydrogens is 317 g/mol. The molecule has 0 amide bonds. The van der Waals surface area contributed by atoms with Crippen LogP contribution in [0.25, 0.3) is 0 Å². The van der Waals surface area contributed by atoms with Crippen LogP contribution in [0.2, 0.25) is 0 Å². The van der Waals surface area contributed by atoms with Crippen LogP contribution in [0, 0.1) is 3.57 Å². The van der Waals surface area contributed by atoms with E-state index in [1.807, 2.05) is 22.6 Å². The molecule has 0 aliphatic heterocycles. The zero-order valence-corrected chi connectivity index (χ0v) is 9.91. The molecule has 0 heterocycles. The number of hydrogen-bond donors (Lipinski definition) is 0. The van der Waals surface area contributed by atoms with Crippen molar-refractivity contribution in [2.75, 3.05) is 0 Å². The minimum Gasteiger partial charge on any atom is -0.435 e. The summed E-state index contributed by atoms with van der Waals surface area (Å²) >= 11 is 2.03. The van der Waals surface area contributed by atoms with Gasteiger partial charge >= 0.3 is 6.61 Å². The Morgan fingerprint density at radius 2 is 2.20 bits per heavy atom. The van der Waals surface area contributed by atoms with E-state index in [4.69, 9.17) is 0 Å². The van der Waals surface area contributed by atoms with Gasteiger partial charge in [0.1, 0.15) is 12.0 Å². The molecule has 0 atom stereocenters. The van der Waals surface area contributed by atoms with Crippen molar-refractivity contribution in [3.63, 3.8) is 0 Å². The summed E-state index contributed by atoms with van der Waals surface area (Å²) in [5.41, 5.74) is 0.658. The first kappa shape index (κ1) is 12.4. The quantitative estimate of drug-likeness (QED) is 0.614. The first-order chi connectivity index (χ1) is 7.15. The maximum atomic E-state index is 12.1. The maximum absolute atomic E-state index is 12.1. The SMILES string of the molecule is O=CCCc1c(I)cccc1OC(F)F. The standard InChI is InChI=1S/C10H9F2IO2/c11-10(12)15-9-5-1-4-8(13)7(9)3-2-6-14/h1,4-6,10H,2-3H2. The van der Waals surface area contributed by atoms with Crippen LogP contribution < -0.4 is 4.74 Å². The summed E-state index contributed by atoms with van der Waals surface area (Å²) in [4.78, 5) is 10.2. The van der Waals surface area contributed by atoms with Crippen LogP contribution in [-0.2, 0) is 11.2 Å². The van der Waals surface area contributed by atoms with Crippen molar-refractivity contribution in [3.8, 4) is 5.75 Å². The molecule has 5 heteroatoms. The second kappa shape index (κ2) is 5.99. The zero-order valence-electron chi connectivity index (χ0n) is 7.75. The van der Waals surface area contributed by atoms with Gasteiger partial charge in [-0.25, -0.2) is 0 Å². The van der Waals surface area contributed by atoms with Crippen molar-refractivity contribution >= 4 is 28.9 Å². The van der Waals surface area contributed by atoms with Gasteiger partial charge in [0.25, 0.3) is 0 Å². The molecule has 0 aliphatic rings. The lowest BCUT2D eigenvalue weighted by molar-refractivity contribution is -0.107. The van der Waals surface area contributed by atoms with Crippen molar-refractivity contribution < 1.29 is 18.3 Å². The van der Waals surface area contributed by atoms with E-state index in [0.29, 0.717) is 18.4 Å². The third-order valence-corrected chi connectivity index (χ3v) is 2.81. The lowest BCUT2D eigenvalue weighted by atomic mass is 10.1. The van der Waals surface area contributed by atoms with E-state index in [9.17, 15) is 13.6 Å². The topological polar surface area (TPSA) is 26.3 Å². The predicted octanol–water partition coefficient (Wildman–Crippen LogP) is 3.02. The van der Waals surface area contributed by atoms with E-state index in [2.05, 4.69) is 4.74 Å². The number of aldehydes is 1. The van der Waals surface area contributed by atoms with E-state index in [-0.39, 0.29) is 5.75 Å². The number of rotatable bonds is 5. The van der Waals surface area contributed by atoms with Crippen LogP contribution >= 0.6 is 22.6 Å². The van der Waals surface area contributed by atoms with Crippen LogP contribution in [0.3, 0.4) is 0 Å². The van der Waals surface area contributed by atoms with Gasteiger partial charge in [-0.3, -0.25) is 0 Å². The number of hydrogen-bond acceptors (Lipinski definition) is 2. The first-order valence-corrected chi connectivity index (χ1v) is 5.39. The number of halogens is 3. The molecule has 0 aromatic heterocycles. The minimum atomic E-state index is -2.84. The molecule has 1 aromatic carbocycles. The maximum Gasteiger partial charge on any atom is 0.387 e. The van der Waals surface area contributed by atoms with Gasteiger partial charge in [-0.15, -0.1) is 0 Å². The van der Waals surface area contributed by atoms with Gasteiger partial charge in [0.15, 0.2) is 0 Å². The monoisotopic (exact) mass is 326 g/mol. The van der Waals surface area contributed by atoms with Crippen molar-refractivity contribution in [3.05, 3.63) is 27.3 Å². The smallest absolute Gasteiger partial charge is 0.387 e. The van der Waals surface area contributed by atoms with Gasteiger partial charge in [0.05, 0.1) is 0 Å². The van der Waals surface area contributed by atoms with Crippen LogP contribution in [0.15, 0.2) is 18.2 Å². The molecule has 0 N–H and O–H groups in total. The Morgan fingerprint density at radius 3 is 2.80 bits per heavy atom. The molecule has 1 aromatic rings. The molecule has 0 unspecified atom stereocenters. The summed E-state index contributed by atoms with van der Waals surface area (Å²) in [6, 6.07) is 4.91. The Bertz CT molecular complexity index is 342. The molecule has 0 saturated heterocycles. The molecule has 1 rings (SSSR count). The molecule has 2 nitrogen and oxygen atoms in total. The number of benzene rings is 1. The minimum absolute atomic E-state index is 0.152. The van der Waals surface area contributed by atoms with Crippen LogP contribution in [0.4, 0.5) is 8.78 Å². The molecule has 82 valence electrons. The Balaban J connectivity index is 2.91. The molecule has 0 aliphatic carbocycles. The molecule has 0 fully saturated rings. The van der Waals surface area contributed by atoms with Gasteiger partial charge in [0, 0.05) is 15.6 Å². The highest BCUT2D eigenvalue weighted by Gasteiger charge is 2.11. The Kier molecular flexibility index (Phi) is 4.93. The lowest BCUT2D eigenvalue weighted by Gasteiger charge is -2.11. The summed E-state index contributed by atoms with van der Waals surface area (Å²) in [6.07, 6.45) is 1.49. The molecule has 0 radical (unpaired) electrons. The lowest BCUT2D eigenvalue weighted by Crippen LogP contribution is -2.05. The largest absolute Gasteiger partial charge is 0.435 e. The fourth-order valence-electron chi connectivity index (χ4n) is 1.19. The second-order valence-electron chi connectivity index (χ2n) is 2.80. The highest BCUT2D eigenvalue weighted by atomic mass is 127. The zero-order chi connectivity index (χ0) is 11.3. The van der Waals surface area contributed by atoms with E-state index in [0.717, 1.165) is 9.86 Å². The van der Waals surface area contributed by atoms with Gasteiger partial charge in [-0.05, 0) is 41.1 Å². The molecule has 0 spiro atoms. The van der Waals surface area contributed by atoms with E-state index in [1.54, 1.807) is 12.1 Å². The van der Waals surface area contributed by atoms with Crippen LogP contribution in [0.1, 0.15) is 12.0 Å². The summed E-state index contributed by atoms with van der Waals surface area (Å²) in [7, 11) is 0. The molecular formula is C10H9F2IO2. The highest BCUT2D eigenvalue weighted by Crippen LogP contribution is 2.26. The van der Waals surface area contributed by atoms with Crippen molar-refractivity contribution in [2.24, 2.45) is 0 Å². The second-order valence-corrected chi connectivity index (χ2v) is 3.96. The summed E-state index contributed by atoms with van der Waals surface area (Å²) < 4.78 is 29.3. The average molecular weight is 326 g/mol. The molecule has 0 bridgehead atoms. The van der Waals surface area contributed by atoms with Crippen molar-refractivity contribution in [1.29, 1.82) is 0 Å². The summed E-state index contributed by atoms with van der Waals surface area (Å²) in [5.74, 6) is 0.152. The van der Waals surface area contributed by atoms with Crippen LogP contribution in [0.5, 0.6) is 5.75 Å². The van der Waals surface area contributed by atoms with Gasteiger partial charge in [-0.2, -0.15) is 8.78 Å². The fourth-order valence-corrected chi connectivity index (χ4v) is 1.93. The van der Waals surface area contributed by atoms with E-state index in [1.165, 1.54) is 6.07 Å². The predicted molar refractivity (Wildman–Crippen MR) is 60.2 cm³/mol. The van der Waals surface area contributed by atoms with Gasteiger partial charge in [0.2, 0.25) is 0 Å². The number of alkyl halides is 2. The average Bonchev–Trinajstić information content (AvgIpc) is 2.16. The Hall–Kier alpha value is -0.720. The van der Waals surface area contributed by atoms with E-state index >= 15 is 0 Å². The normalized spacial score (nSPS) is 10.4. The number of carbonyl (C=O) groups is 1. The Labute approximate surface area is 99.8 Å². The third kappa shape index (κ3) is 3.73. The summed E-state index contributed by atoms with van der Waals surface area (Å²) in [6.45, 7) is -2.84. The molecule has 15 heavy (non-hydrogen) atoms. The number of ether oxygens (including phenoxy) is 1. The van der Waals surface area contributed by atoms with Crippen LogP contribution in [-0.4, -0.2) is 12.9 Å². The first-order valence-electron chi connectivity index (χ1n) is 4.31. The highest BCUT2D eigenvalue weighted by molar-refractivity contribution is 14.1. The summed E-state index contributed by atoms with van der Waals surface area (Å²) in [5, 5.41) is 0. The van der Waals surface area contributed by atoms with Gasteiger partial charge in [-0.1, -0.05) is 6.07 Å². The Morgan fingerprint density at radius 1 is 1.47 bits per heavy atom. The van der Waals surface area contributed by atoms with E-state index < -0.39 is 6.61 Å². The van der Waals surface area contributed by atoms with Gasteiger partial charge < -0.3 is 9.53 Å². The third-order valence-electron chi connectivity index (χ3n) is 1.80. The fraction of sp³-hybridized carbons (Fsp3) is 0.300. The van der Waals surface area contributed by atoms with Crippen molar-refractivity contribution in [1.82, 2.24) is 0 Å². The number of carbonyl (C=O) groups excluding carboxylic acids is 1. The molecule has 0 saturated carbocycles. The van der Waals surface area contributed by atoms with Crippen molar-refractivity contribution in [2.45, 2.75) is 19.5 Å².